The summed E-state index contributed by atoms with van der Waals surface area (Å²) in [6.07, 6.45) is 1.28. The summed E-state index contributed by atoms with van der Waals surface area (Å²) in [7, 11) is 0. The first-order chi connectivity index (χ1) is 6.66. The van der Waals surface area contributed by atoms with E-state index in [1.54, 1.807) is 6.07 Å². The predicted octanol–water partition coefficient (Wildman–Crippen LogP) is 2.45. The highest BCUT2D eigenvalue weighted by molar-refractivity contribution is 5.29. The molecule has 0 spiro atoms. The van der Waals surface area contributed by atoms with Crippen LogP contribution in [0.1, 0.15) is 31.9 Å². The normalized spacial score (nSPS) is 27.3. The Morgan fingerprint density at radius 1 is 1.50 bits per heavy atom. The van der Waals surface area contributed by atoms with E-state index in [-0.39, 0.29) is 0 Å². The van der Waals surface area contributed by atoms with E-state index in [1.165, 1.54) is 6.42 Å². The summed E-state index contributed by atoms with van der Waals surface area (Å²) in [5.74, 6) is 1.16. The van der Waals surface area contributed by atoms with E-state index in [2.05, 4.69) is 19.2 Å². The van der Waals surface area contributed by atoms with E-state index in [9.17, 15) is 5.11 Å². The Morgan fingerprint density at radius 3 is 2.79 bits per heavy atom. The van der Waals surface area contributed by atoms with Crippen LogP contribution in [0.5, 0.6) is 5.75 Å². The third-order valence-corrected chi connectivity index (χ3v) is 2.94. The molecule has 1 aliphatic rings. The Hall–Kier alpha value is -1.02. The summed E-state index contributed by atoms with van der Waals surface area (Å²) >= 11 is 0. The number of nitrogens with one attached hydrogen (secondary N) is 1. The standard InChI is InChI=1S/C12H17NO/c1-8-6-12(8)13-9(2)10-4-3-5-11(14)7-10/h3-5,7-9,12-14H,6H2,1-2H3. The molecule has 2 N–H and O–H groups in total. The largest absolute Gasteiger partial charge is 0.508 e. The maximum Gasteiger partial charge on any atom is 0.115 e. The molecule has 0 saturated heterocycles. The van der Waals surface area contributed by atoms with Gasteiger partial charge in [-0.3, -0.25) is 0 Å². The van der Waals surface area contributed by atoms with E-state index in [1.807, 2.05) is 18.2 Å². The molecule has 1 aliphatic carbocycles. The lowest BCUT2D eigenvalue weighted by Crippen LogP contribution is -2.21. The van der Waals surface area contributed by atoms with Gasteiger partial charge in [0.2, 0.25) is 0 Å². The SMILES string of the molecule is CC(NC1CC1C)c1cccc(O)c1. The highest BCUT2D eigenvalue weighted by atomic mass is 16.3. The lowest BCUT2D eigenvalue weighted by Gasteiger charge is -2.14. The van der Waals surface area contributed by atoms with Gasteiger partial charge in [-0.15, -0.1) is 0 Å². The molecule has 2 nitrogen and oxygen atoms in total. The molecule has 0 amide bonds. The van der Waals surface area contributed by atoms with Gasteiger partial charge < -0.3 is 10.4 Å². The van der Waals surface area contributed by atoms with Crippen molar-refractivity contribution in [1.82, 2.24) is 5.32 Å². The molecule has 2 heteroatoms. The second-order valence-corrected chi connectivity index (χ2v) is 4.30. The molecule has 1 aromatic carbocycles. The monoisotopic (exact) mass is 191 g/mol. The van der Waals surface area contributed by atoms with E-state index in [4.69, 9.17) is 0 Å². The average molecular weight is 191 g/mol. The second-order valence-electron chi connectivity index (χ2n) is 4.30. The zero-order valence-electron chi connectivity index (χ0n) is 8.70. The summed E-state index contributed by atoms with van der Waals surface area (Å²) in [6, 6.07) is 8.47. The maximum atomic E-state index is 9.34. The predicted molar refractivity (Wildman–Crippen MR) is 57.2 cm³/mol. The lowest BCUT2D eigenvalue weighted by molar-refractivity contribution is 0.471. The summed E-state index contributed by atoms with van der Waals surface area (Å²) in [5, 5.41) is 12.9. The third-order valence-electron chi connectivity index (χ3n) is 2.94. The molecule has 14 heavy (non-hydrogen) atoms. The molecule has 3 atom stereocenters. The van der Waals surface area contributed by atoms with Crippen molar-refractivity contribution < 1.29 is 5.11 Å². The molecule has 2 rings (SSSR count). The minimum Gasteiger partial charge on any atom is -0.508 e. The van der Waals surface area contributed by atoms with Crippen molar-refractivity contribution in [1.29, 1.82) is 0 Å². The third kappa shape index (κ3) is 2.07. The first-order valence-corrected chi connectivity index (χ1v) is 5.22. The highest BCUT2D eigenvalue weighted by Crippen LogP contribution is 2.31. The smallest absolute Gasteiger partial charge is 0.115 e. The van der Waals surface area contributed by atoms with Crippen LogP contribution in [0.15, 0.2) is 24.3 Å². The van der Waals surface area contributed by atoms with Crippen molar-refractivity contribution in [2.45, 2.75) is 32.4 Å². The first-order valence-electron chi connectivity index (χ1n) is 5.22. The first kappa shape index (κ1) is 9.53. The van der Waals surface area contributed by atoms with Crippen LogP contribution in [0.4, 0.5) is 0 Å². The number of aromatic hydroxyl groups is 1. The van der Waals surface area contributed by atoms with Gasteiger partial charge >= 0.3 is 0 Å². The number of rotatable bonds is 3. The fourth-order valence-electron chi connectivity index (χ4n) is 1.77. The molecule has 0 aromatic heterocycles. The lowest BCUT2D eigenvalue weighted by atomic mass is 10.1. The van der Waals surface area contributed by atoms with Gasteiger partial charge in [-0.25, -0.2) is 0 Å². The van der Waals surface area contributed by atoms with Crippen LogP contribution in [-0.4, -0.2) is 11.1 Å². The molecule has 1 aromatic rings. The average Bonchev–Trinajstić information content (AvgIpc) is 2.81. The van der Waals surface area contributed by atoms with Gasteiger partial charge in [-0.05, 0) is 37.0 Å². The Morgan fingerprint density at radius 2 is 2.21 bits per heavy atom. The zero-order valence-corrected chi connectivity index (χ0v) is 8.70. The van der Waals surface area contributed by atoms with Gasteiger partial charge in [-0.1, -0.05) is 19.1 Å². The van der Waals surface area contributed by atoms with Gasteiger partial charge in [0.15, 0.2) is 0 Å². The van der Waals surface area contributed by atoms with Gasteiger partial charge in [0, 0.05) is 12.1 Å². The molecule has 1 fully saturated rings. The van der Waals surface area contributed by atoms with Crippen molar-refractivity contribution >= 4 is 0 Å². The van der Waals surface area contributed by atoms with Gasteiger partial charge in [0.05, 0.1) is 0 Å². The van der Waals surface area contributed by atoms with Crippen molar-refractivity contribution in [3.05, 3.63) is 29.8 Å². The van der Waals surface area contributed by atoms with Gasteiger partial charge in [0.25, 0.3) is 0 Å². The molecule has 0 heterocycles. The van der Waals surface area contributed by atoms with E-state index >= 15 is 0 Å². The topological polar surface area (TPSA) is 32.3 Å². The molecule has 76 valence electrons. The van der Waals surface area contributed by atoms with Crippen molar-refractivity contribution in [3.8, 4) is 5.75 Å². The summed E-state index contributed by atoms with van der Waals surface area (Å²) < 4.78 is 0. The fourth-order valence-corrected chi connectivity index (χ4v) is 1.77. The van der Waals surface area contributed by atoms with Crippen molar-refractivity contribution in [2.24, 2.45) is 5.92 Å². The number of benzene rings is 1. The van der Waals surface area contributed by atoms with E-state index < -0.39 is 0 Å². The van der Waals surface area contributed by atoms with Crippen LogP contribution >= 0.6 is 0 Å². The number of phenolic OH excluding ortho intramolecular Hbond substituents is 1. The molecule has 3 unspecified atom stereocenters. The Balaban J connectivity index is 2.00. The number of hydrogen-bond acceptors (Lipinski definition) is 2. The minimum atomic E-state index is 0.331. The van der Waals surface area contributed by atoms with Gasteiger partial charge in [-0.2, -0.15) is 0 Å². The summed E-state index contributed by atoms with van der Waals surface area (Å²) in [6.45, 7) is 4.40. The van der Waals surface area contributed by atoms with Crippen LogP contribution in [0.2, 0.25) is 0 Å². The Labute approximate surface area is 85.0 Å². The van der Waals surface area contributed by atoms with Crippen molar-refractivity contribution in [3.63, 3.8) is 0 Å². The Bertz CT molecular complexity index is 324. The summed E-state index contributed by atoms with van der Waals surface area (Å²) in [5.41, 5.74) is 1.16. The van der Waals surface area contributed by atoms with Crippen molar-refractivity contribution in [2.75, 3.05) is 0 Å². The number of phenols is 1. The van der Waals surface area contributed by atoms with Crippen LogP contribution < -0.4 is 5.32 Å². The Kier molecular flexibility index (Phi) is 2.46. The maximum absolute atomic E-state index is 9.34. The van der Waals surface area contributed by atoms with Crippen LogP contribution in [-0.2, 0) is 0 Å². The van der Waals surface area contributed by atoms with E-state index in [0.29, 0.717) is 17.8 Å². The summed E-state index contributed by atoms with van der Waals surface area (Å²) in [4.78, 5) is 0. The molecule has 1 saturated carbocycles. The van der Waals surface area contributed by atoms with Crippen LogP contribution in [0.3, 0.4) is 0 Å². The second kappa shape index (κ2) is 3.62. The quantitative estimate of drug-likeness (QED) is 0.769. The molecule has 0 radical (unpaired) electrons. The molecule has 0 aliphatic heterocycles. The molecule has 0 bridgehead atoms. The molecular formula is C12H17NO. The minimum absolute atomic E-state index is 0.331. The van der Waals surface area contributed by atoms with E-state index in [0.717, 1.165) is 11.5 Å². The van der Waals surface area contributed by atoms with Gasteiger partial charge in [0.1, 0.15) is 5.75 Å². The van der Waals surface area contributed by atoms with Crippen LogP contribution in [0, 0.1) is 5.92 Å². The number of hydrogen-bond donors (Lipinski definition) is 2. The highest BCUT2D eigenvalue weighted by Gasteiger charge is 2.33. The fraction of sp³-hybridized carbons (Fsp3) is 0.500. The molecular weight excluding hydrogens is 174 g/mol. The van der Waals surface area contributed by atoms with Crippen LogP contribution in [0.25, 0.3) is 0 Å². The zero-order chi connectivity index (χ0) is 10.1.